The van der Waals surface area contributed by atoms with Crippen LogP contribution in [-0.2, 0) is 27.6 Å². The average molecular weight is 378 g/mol. The summed E-state index contributed by atoms with van der Waals surface area (Å²) in [5, 5.41) is 11.8. The molecule has 1 aliphatic heterocycles. The van der Waals surface area contributed by atoms with Crippen molar-refractivity contribution in [1.29, 1.82) is 0 Å². The van der Waals surface area contributed by atoms with E-state index < -0.39 is 15.6 Å². The molecule has 2 rings (SSSR count). The van der Waals surface area contributed by atoms with Crippen LogP contribution in [0.2, 0.25) is 0 Å². The van der Waals surface area contributed by atoms with Gasteiger partial charge in [-0.05, 0) is 36.7 Å². The minimum absolute atomic E-state index is 0. The molecule has 1 fully saturated rings. The molecule has 0 aliphatic carbocycles. The average Bonchev–Trinajstić information content (AvgIpc) is 2.70. The molecule has 1 aromatic carbocycles. The minimum Gasteiger partial charge on any atom is -0.751 e. The van der Waals surface area contributed by atoms with Crippen LogP contribution in [0, 0.1) is 0 Å². The van der Waals surface area contributed by atoms with Gasteiger partial charge < -0.3 is 32.2 Å². The van der Waals surface area contributed by atoms with Crippen LogP contribution >= 0.6 is 0 Å². The molecule has 1 aromatic rings. The summed E-state index contributed by atoms with van der Waals surface area (Å²) < 4.78 is 32.7. The molecule has 0 bridgehead atoms. The monoisotopic (exact) mass is 378 g/mol. The predicted molar refractivity (Wildman–Crippen MR) is 73.3 cm³/mol. The van der Waals surface area contributed by atoms with Gasteiger partial charge in [0.2, 0.25) is 0 Å². The zero-order chi connectivity index (χ0) is 15.6. The Morgan fingerprint density at radius 2 is 1.87 bits per heavy atom. The van der Waals surface area contributed by atoms with Crippen LogP contribution in [0.4, 0.5) is 5.69 Å². The number of nitrogens with zero attached hydrogens (tertiary/aromatic N) is 2. The van der Waals surface area contributed by atoms with Crippen LogP contribution in [0.3, 0.4) is 0 Å². The van der Waals surface area contributed by atoms with Gasteiger partial charge in [-0.15, -0.1) is 0 Å². The van der Waals surface area contributed by atoms with Crippen molar-refractivity contribution in [3.05, 3.63) is 24.3 Å². The van der Waals surface area contributed by atoms with Crippen LogP contribution < -0.4 is 74.7 Å². The summed E-state index contributed by atoms with van der Waals surface area (Å²) in [5.74, 6) is 0. The molecule has 0 amide bonds. The molecule has 1 aliphatic rings. The number of hydrogen-bond acceptors (Lipinski definition) is 9. The summed E-state index contributed by atoms with van der Waals surface area (Å²) in [5.41, 5.74) is 3.22. The fourth-order valence-corrected chi connectivity index (χ4v) is 3.08. The van der Waals surface area contributed by atoms with E-state index in [9.17, 15) is 18.2 Å². The molecule has 2 atom stereocenters. The van der Waals surface area contributed by atoms with Crippen LogP contribution in [0.1, 0.15) is 6.92 Å². The maximum atomic E-state index is 10.9. The first-order valence-corrected chi connectivity index (χ1v) is 8.00. The summed E-state index contributed by atoms with van der Waals surface area (Å²) >= 11 is 5.29. The number of rotatable bonds is 5. The largest absolute Gasteiger partial charge is 1.00 e. The van der Waals surface area contributed by atoms with Gasteiger partial charge in [-0.2, -0.15) is 0 Å². The summed E-state index contributed by atoms with van der Waals surface area (Å²) in [6.07, 6.45) is -0.155. The third-order valence-corrected chi connectivity index (χ3v) is 4.40. The normalized spacial score (nSPS) is 21.7. The van der Waals surface area contributed by atoms with Crippen molar-refractivity contribution in [2.45, 2.75) is 23.5 Å². The summed E-state index contributed by atoms with van der Waals surface area (Å²) in [6, 6.07) is 5.54. The van der Waals surface area contributed by atoms with Gasteiger partial charge in [-0.25, -0.2) is 13.4 Å². The number of anilines is 1. The van der Waals surface area contributed by atoms with Gasteiger partial charge in [-0.1, -0.05) is 0 Å². The van der Waals surface area contributed by atoms with Crippen molar-refractivity contribution in [2.24, 2.45) is 0 Å². The molecule has 8 nitrogen and oxygen atoms in total. The molecule has 1 saturated heterocycles. The van der Waals surface area contributed by atoms with Crippen molar-refractivity contribution in [3.8, 4) is 0 Å². The fraction of sp³-hybridized carbons (Fsp3) is 0.455. The smallest absolute Gasteiger partial charge is 0.751 e. The van der Waals surface area contributed by atoms with Crippen LogP contribution in [0.25, 0.3) is 0 Å². The Bertz CT molecular complexity index is 590. The Morgan fingerprint density at radius 3 is 2.35 bits per heavy atom. The molecule has 0 aromatic heterocycles. The first-order chi connectivity index (χ1) is 9.84. The first kappa shape index (κ1) is 24.1. The van der Waals surface area contributed by atoms with Crippen molar-refractivity contribution in [2.75, 3.05) is 18.1 Å². The Labute approximate surface area is 185 Å². The third-order valence-electron chi connectivity index (χ3n) is 3.22. The second-order valence-corrected chi connectivity index (χ2v) is 6.31. The van der Waals surface area contributed by atoms with E-state index in [0.29, 0.717) is 12.2 Å². The van der Waals surface area contributed by atoms with E-state index in [0.717, 1.165) is 0 Å². The molecule has 0 spiro atoms. The molecular formula is C11H14N3Na2O5S2-. The van der Waals surface area contributed by atoms with Gasteiger partial charge in [0, 0.05) is 18.8 Å². The summed E-state index contributed by atoms with van der Waals surface area (Å²) in [4.78, 5) is 5.33. The van der Waals surface area contributed by atoms with Gasteiger partial charge in [0.05, 0.1) is 11.1 Å². The molecule has 1 heterocycles. The van der Waals surface area contributed by atoms with Gasteiger partial charge in [0.15, 0.2) is 0 Å². The van der Waals surface area contributed by atoms with Crippen molar-refractivity contribution >= 4 is 28.4 Å². The van der Waals surface area contributed by atoms with Gasteiger partial charge >= 0.3 is 59.1 Å². The SMILES string of the molecule is CC1N(CCO[O-])NC([S-])N1c1ccc(S(=O)(=O)[O-])cc1.[Na+].[Na+]. The second kappa shape index (κ2) is 10.3. The number of nitrogens with one attached hydrogen (secondary N) is 1. The van der Waals surface area contributed by atoms with Crippen molar-refractivity contribution < 1.29 is 82.2 Å². The minimum atomic E-state index is -4.46. The van der Waals surface area contributed by atoms with Crippen molar-refractivity contribution in [1.82, 2.24) is 10.4 Å². The molecule has 1 N–H and O–H groups in total. The van der Waals surface area contributed by atoms with E-state index in [4.69, 9.17) is 12.6 Å². The number of hydrazine groups is 1. The molecule has 118 valence electrons. The van der Waals surface area contributed by atoms with E-state index in [-0.39, 0.29) is 76.8 Å². The summed E-state index contributed by atoms with van der Waals surface area (Å²) in [6.45, 7) is 2.25. The van der Waals surface area contributed by atoms with Crippen LogP contribution in [0.5, 0.6) is 0 Å². The Kier molecular flexibility index (Phi) is 10.8. The Hall–Kier alpha value is 1.12. The molecular weight excluding hydrogens is 364 g/mol. The van der Waals surface area contributed by atoms with E-state index in [2.05, 4.69) is 10.3 Å². The van der Waals surface area contributed by atoms with Gasteiger partial charge in [-0.3, -0.25) is 5.43 Å². The maximum Gasteiger partial charge on any atom is 1.00 e. The third kappa shape index (κ3) is 6.10. The molecule has 2 unspecified atom stereocenters. The number of hydrogen-bond donors (Lipinski definition) is 1. The molecule has 0 saturated carbocycles. The van der Waals surface area contributed by atoms with Crippen molar-refractivity contribution in [3.63, 3.8) is 0 Å². The summed E-state index contributed by atoms with van der Waals surface area (Å²) in [7, 11) is -4.46. The Balaban J connectivity index is 0.00000242. The zero-order valence-electron chi connectivity index (χ0n) is 13.1. The van der Waals surface area contributed by atoms with E-state index in [1.54, 1.807) is 5.01 Å². The standard InChI is InChI=1S/C11H17N3O5S2.2Na/c1-8-13(6-7-19-15)12-11(20)14(8)9-2-4-10(5-3-9)21(16,17)18;;/h2-5,8,11-12,15,20H,6-7H2,1H3,(H,16,17,18);;/q;2*+1/p-3. The van der Waals surface area contributed by atoms with Crippen LogP contribution in [-0.4, -0.2) is 42.8 Å². The number of benzene rings is 1. The van der Waals surface area contributed by atoms with E-state index in [1.807, 2.05) is 11.8 Å². The first-order valence-electron chi connectivity index (χ1n) is 6.12. The predicted octanol–water partition coefficient (Wildman–Crippen LogP) is -7.31. The quantitative estimate of drug-likeness (QED) is 0.176. The van der Waals surface area contributed by atoms with E-state index in [1.165, 1.54) is 24.3 Å². The van der Waals surface area contributed by atoms with E-state index >= 15 is 0 Å². The fourth-order valence-electron chi connectivity index (χ4n) is 2.18. The molecule has 23 heavy (non-hydrogen) atoms. The maximum absolute atomic E-state index is 10.9. The topological polar surface area (TPSA) is 108 Å². The van der Waals surface area contributed by atoms with Gasteiger partial charge in [0.25, 0.3) is 0 Å². The molecule has 12 heteroatoms. The zero-order valence-corrected chi connectivity index (χ0v) is 18.8. The molecule has 0 radical (unpaired) electrons. The Morgan fingerprint density at radius 1 is 1.30 bits per heavy atom. The second-order valence-electron chi connectivity index (χ2n) is 4.48. The van der Waals surface area contributed by atoms with Gasteiger partial charge in [0.1, 0.15) is 10.1 Å². The van der Waals surface area contributed by atoms with Crippen LogP contribution in [0.15, 0.2) is 29.2 Å².